The minimum absolute atomic E-state index is 0.0345. The number of rotatable bonds is 4. The molecular weight excluding hydrogens is 270 g/mol. The average Bonchev–Trinajstić information content (AvgIpc) is 2.48. The lowest BCUT2D eigenvalue weighted by Gasteiger charge is -2.24. The fraction of sp³-hybridized carbons (Fsp3) is 0.533. The SMILES string of the molecule is Cc1ccc(C(C)NC(=O)C2CCNCC2)cc1[N+](=O)[O-]. The minimum atomic E-state index is -0.389. The summed E-state index contributed by atoms with van der Waals surface area (Å²) >= 11 is 0. The van der Waals surface area contributed by atoms with Gasteiger partial charge in [0, 0.05) is 17.5 Å². The van der Waals surface area contributed by atoms with Crippen molar-refractivity contribution in [1.29, 1.82) is 0 Å². The number of nitrogens with zero attached hydrogens (tertiary/aromatic N) is 1. The van der Waals surface area contributed by atoms with E-state index in [1.807, 2.05) is 13.0 Å². The molecule has 6 nitrogen and oxygen atoms in total. The predicted octanol–water partition coefficient (Wildman–Crippen LogP) is 2.08. The number of nitrogens with one attached hydrogen (secondary N) is 2. The Kier molecular flexibility index (Phi) is 4.90. The summed E-state index contributed by atoms with van der Waals surface area (Å²) in [5, 5.41) is 17.2. The van der Waals surface area contributed by atoms with Gasteiger partial charge in [0.15, 0.2) is 0 Å². The molecule has 1 fully saturated rings. The third kappa shape index (κ3) is 3.78. The van der Waals surface area contributed by atoms with Crippen molar-refractivity contribution in [2.24, 2.45) is 5.92 Å². The van der Waals surface area contributed by atoms with E-state index in [2.05, 4.69) is 10.6 Å². The van der Waals surface area contributed by atoms with E-state index in [4.69, 9.17) is 0 Å². The van der Waals surface area contributed by atoms with Gasteiger partial charge in [-0.05, 0) is 45.3 Å². The third-order valence-electron chi connectivity index (χ3n) is 4.00. The molecule has 1 aromatic carbocycles. The van der Waals surface area contributed by atoms with Crippen LogP contribution in [-0.2, 0) is 4.79 Å². The molecule has 1 amide bonds. The number of nitro groups is 1. The molecule has 1 aliphatic heterocycles. The number of amides is 1. The third-order valence-corrected chi connectivity index (χ3v) is 4.00. The second-order valence-electron chi connectivity index (χ2n) is 5.56. The number of hydrogen-bond acceptors (Lipinski definition) is 4. The zero-order chi connectivity index (χ0) is 15.4. The second kappa shape index (κ2) is 6.67. The zero-order valence-corrected chi connectivity index (χ0v) is 12.4. The van der Waals surface area contributed by atoms with Crippen molar-refractivity contribution >= 4 is 11.6 Å². The van der Waals surface area contributed by atoms with Crippen LogP contribution in [-0.4, -0.2) is 23.9 Å². The summed E-state index contributed by atoms with van der Waals surface area (Å²) in [5.41, 5.74) is 1.48. The summed E-state index contributed by atoms with van der Waals surface area (Å²) in [6.45, 7) is 5.29. The first-order chi connectivity index (χ1) is 9.99. The van der Waals surface area contributed by atoms with E-state index in [1.165, 1.54) is 0 Å². The molecular formula is C15H21N3O3. The molecule has 21 heavy (non-hydrogen) atoms. The van der Waals surface area contributed by atoms with Gasteiger partial charge in [0.2, 0.25) is 5.91 Å². The van der Waals surface area contributed by atoms with Gasteiger partial charge in [0.05, 0.1) is 11.0 Å². The molecule has 0 aliphatic carbocycles. The average molecular weight is 291 g/mol. The van der Waals surface area contributed by atoms with Crippen LogP contribution in [0.5, 0.6) is 0 Å². The number of piperidine rings is 1. The van der Waals surface area contributed by atoms with Gasteiger partial charge in [-0.2, -0.15) is 0 Å². The fourth-order valence-electron chi connectivity index (χ4n) is 2.59. The van der Waals surface area contributed by atoms with E-state index in [-0.39, 0.29) is 28.5 Å². The molecule has 1 aliphatic rings. The number of benzene rings is 1. The lowest BCUT2D eigenvalue weighted by atomic mass is 9.96. The maximum atomic E-state index is 12.2. The molecule has 0 radical (unpaired) electrons. The Bertz CT molecular complexity index is 539. The molecule has 0 aromatic heterocycles. The molecule has 1 heterocycles. The van der Waals surface area contributed by atoms with Crippen molar-refractivity contribution in [3.05, 3.63) is 39.4 Å². The van der Waals surface area contributed by atoms with E-state index in [0.29, 0.717) is 5.56 Å². The first-order valence-electron chi connectivity index (χ1n) is 7.25. The van der Waals surface area contributed by atoms with E-state index >= 15 is 0 Å². The molecule has 114 valence electrons. The highest BCUT2D eigenvalue weighted by molar-refractivity contribution is 5.79. The number of carbonyl (C=O) groups excluding carboxylic acids is 1. The number of nitro benzene ring substituents is 1. The topological polar surface area (TPSA) is 84.3 Å². The van der Waals surface area contributed by atoms with Crippen LogP contribution in [0.2, 0.25) is 0 Å². The van der Waals surface area contributed by atoms with E-state index in [9.17, 15) is 14.9 Å². The number of carbonyl (C=O) groups is 1. The van der Waals surface area contributed by atoms with Crippen molar-refractivity contribution in [1.82, 2.24) is 10.6 Å². The molecule has 2 rings (SSSR count). The highest BCUT2D eigenvalue weighted by Gasteiger charge is 2.23. The Morgan fingerprint density at radius 2 is 2.10 bits per heavy atom. The predicted molar refractivity (Wildman–Crippen MR) is 80.0 cm³/mol. The van der Waals surface area contributed by atoms with E-state index in [0.717, 1.165) is 31.5 Å². The summed E-state index contributed by atoms with van der Waals surface area (Å²) in [5.74, 6) is 0.0707. The van der Waals surface area contributed by atoms with Gasteiger partial charge >= 0.3 is 0 Å². The van der Waals surface area contributed by atoms with E-state index in [1.54, 1.807) is 19.1 Å². The summed E-state index contributed by atoms with van der Waals surface area (Å²) in [7, 11) is 0. The van der Waals surface area contributed by atoms with Crippen molar-refractivity contribution in [2.45, 2.75) is 32.7 Å². The molecule has 1 aromatic rings. The van der Waals surface area contributed by atoms with E-state index < -0.39 is 0 Å². The monoisotopic (exact) mass is 291 g/mol. The lowest BCUT2D eigenvalue weighted by molar-refractivity contribution is -0.385. The van der Waals surface area contributed by atoms with Crippen LogP contribution in [0, 0.1) is 23.0 Å². The molecule has 1 saturated heterocycles. The summed E-state index contributed by atoms with van der Waals surface area (Å²) in [4.78, 5) is 22.8. The summed E-state index contributed by atoms with van der Waals surface area (Å²) < 4.78 is 0. The van der Waals surface area contributed by atoms with Crippen molar-refractivity contribution < 1.29 is 9.72 Å². The Hall–Kier alpha value is -1.95. The molecule has 1 unspecified atom stereocenters. The van der Waals surface area contributed by atoms with Gasteiger partial charge in [-0.15, -0.1) is 0 Å². The van der Waals surface area contributed by atoms with Gasteiger partial charge in [-0.3, -0.25) is 14.9 Å². The highest BCUT2D eigenvalue weighted by Crippen LogP contribution is 2.24. The van der Waals surface area contributed by atoms with Gasteiger partial charge in [0.1, 0.15) is 0 Å². The maximum absolute atomic E-state index is 12.2. The van der Waals surface area contributed by atoms with Crippen LogP contribution in [0.1, 0.15) is 36.9 Å². The Balaban J connectivity index is 2.05. The normalized spacial score (nSPS) is 17.2. The Morgan fingerprint density at radius 1 is 1.43 bits per heavy atom. The first kappa shape index (κ1) is 15.4. The van der Waals surface area contributed by atoms with Gasteiger partial charge in [-0.25, -0.2) is 0 Å². The summed E-state index contributed by atoms with van der Waals surface area (Å²) in [6.07, 6.45) is 1.68. The van der Waals surface area contributed by atoms with Crippen molar-refractivity contribution in [3.8, 4) is 0 Å². The van der Waals surface area contributed by atoms with Gasteiger partial charge < -0.3 is 10.6 Å². The van der Waals surface area contributed by atoms with Crippen LogP contribution in [0.25, 0.3) is 0 Å². The largest absolute Gasteiger partial charge is 0.349 e. The van der Waals surface area contributed by atoms with Gasteiger partial charge in [-0.1, -0.05) is 12.1 Å². The fourth-order valence-corrected chi connectivity index (χ4v) is 2.59. The van der Waals surface area contributed by atoms with Crippen molar-refractivity contribution in [2.75, 3.05) is 13.1 Å². The second-order valence-corrected chi connectivity index (χ2v) is 5.56. The number of aryl methyl sites for hydroxylation is 1. The van der Waals surface area contributed by atoms with Crippen molar-refractivity contribution in [3.63, 3.8) is 0 Å². The van der Waals surface area contributed by atoms with Crippen LogP contribution in [0.4, 0.5) is 5.69 Å². The summed E-state index contributed by atoms with van der Waals surface area (Å²) in [6, 6.07) is 4.87. The standard InChI is InChI=1S/C15H21N3O3/c1-10-3-4-13(9-14(10)18(20)21)11(2)17-15(19)12-5-7-16-8-6-12/h3-4,9,11-12,16H,5-8H2,1-2H3,(H,17,19). The Labute approximate surface area is 124 Å². The van der Waals surface area contributed by atoms with Crippen LogP contribution in [0.3, 0.4) is 0 Å². The smallest absolute Gasteiger partial charge is 0.272 e. The molecule has 0 saturated carbocycles. The maximum Gasteiger partial charge on any atom is 0.272 e. The van der Waals surface area contributed by atoms with Crippen LogP contribution in [0.15, 0.2) is 18.2 Å². The van der Waals surface area contributed by atoms with Crippen LogP contribution >= 0.6 is 0 Å². The quantitative estimate of drug-likeness (QED) is 0.657. The zero-order valence-electron chi connectivity index (χ0n) is 12.4. The van der Waals surface area contributed by atoms with Crippen LogP contribution < -0.4 is 10.6 Å². The molecule has 0 bridgehead atoms. The first-order valence-corrected chi connectivity index (χ1v) is 7.25. The molecule has 2 N–H and O–H groups in total. The van der Waals surface area contributed by atoms with Gasteiger partial charge in [0.25, 0.3) is 5.69 Å². The highest BCUT2D eigenvalue weighted by atomic mass is 16.6. The minimum Gasteiger partial charge on any atom is -0.349 e. The Morgan fingerprint density at radius 3 is 2.71 bits per heavy atom. The lowest BCUT2D eigenvalue weighted by Crippen LogP contribution is -2.39. The molecule has 6 heteroatoms. The molecule has 1 atom stereocenters. The molecule has 0 spiro atoms. The number of hydrogen-bond donors (Lipinski definition) is 2.